The zero-order valence-electron chi connectivity index (χ0n) is 12.2. The van der Waals surface area contributed by atoms with Gasteiger partial charge >= 0.3 is 12.6 Å². The number of benzene rings is 1. The summed E-state index contributed by atoms with van der Waals surface area (Å²) in [4.78, 5) is 14.0. The highest BCUT2D eigenvalue weighted by molar-refractivity contribution is 5.89. The molecule has 0 saturated carbocycles. The quantitative estimate of drug-likeness (QED) is 0.922. The molecule has 0 aliphatic carbocycles. The molecule has 2 rings (SSSR count). The maximum Gasteiger partial charge on any atom is 0.387 e. The highest BCUT2D eigenvalue weighted by atomic mass is 19.3. The topological polar surface area (TPSA) is 41.6 Å². The first-order valence-electron chi connectivity index (χ1n) is 7.05. The molecule has 1 aromatic carbocycles. The summed E-state index contributed by atoms with van der Waals surface area (Å²) in [5.41, 5.74) is 0.448. The number of carbonyl (C=O) groups excluding carboxylic acids is 1. The Hall–Kier alpha value is -1.85. The van der Waals surface area contributed by atoms with E-state index in [-0.39, 0.29) is 11.8 Å². The summed E-state index contributed by atoms with van der Waals surface area (Å²) in [6.45, 7) is 2.78. The summed E-state index contributed by atoms with van der Waals surface area (Å²) in [5.74, 6) is 0.962. The third-order valence-electron chi connectivity index (χ3n) is 3.47. The Kier molecular flexibility index (Phi) is 4.98. The van der Waals surface area contributed by atoms with Gasteiger partial charge in [-0.2, -0.15) is 8.78 Å². The average molecular weight is 298 g/mol. The number of carbonyl (C=O) groups is 1. The molecular weight excluding hydrogens is 278 g/mol. The second kappa shape index (κ2) is 6.74. The van der Waals surface area contributed by atoms with Crippen LogP contribution in [0.1, 0.15) is 20.3 Å². The van der Waals surface area contributed by atoms with Gasteiger partial charge in [0.1, 0.15) is 5.75 Å². The van der Waals surface area contributed by atoms with Gasteiger partial charge in [-0.25, -0.2) is 4.79 Å². The van der Waals surface area contributed by atoms with Crippen LogP contribution in [0.4, 0.5) is 19.3 Å². The fourth-order valence-electron chi connectivity index (χ4n) is 2.78. The minimum atomic E-state index is -2.88. The van der Waals surface area contributed by atoms with Gasteiger partial charge < -0.3 is 15.0 Å². The number of nitrogens with zero attached hydrogens (tertiary/aromatic N) is 1. The Labute approximate surface area is 123 Å². The van der Waals surface area contributed by atoms with Crippen molar-refractivity contribution in [2.45, 2.75) is 26.9 Å². The standard InChI is InChI=1S/C15H20F2N2O2/c1-10-6-11(2)9-19(8-10)15(20)18-12-4-3-5-13(7-12)21-14(16)17/h3-5,7,10-11,14H,6,8-9H2,1-2H3,(H,18,20)/t10-,11-/m0/s1. The van der Waals surface area contributed by atoms with Crippen molar-refractivity contribution < 1.29 is 18.3 Å². The lowest BCUT2D eigenvalue weighted by atomic mass is 9.92. The maximum atomic E-state index is 12.2. The Balaban J connectivity index is 1.99. The first kappa shape index (κ1) is 15.5. The number of urea groups is 1. The van der Waals surface area contributed by atoms with Crippen LogP contribution in [0.5, 0.6) is 5.75 Å². The Bertz CT molecular complexity index is 486. The molecule has 1 N–H and O–H groups in total. The monoisotopic (exact) mass is 298 g/mol. The molecule has 1 saturated heterocycles. The van der Waals surface area contributed by atoms with Crippen molar-refractivity contribution in [3.63, 3.8) is 0 Å². The molecule has 1 aliphatic heterocycles. The third-order valence-corrected chi connectivity index (χ3v) is 3.47. The highest BCUT2D eigenvalue weighted by Gasteiger charge is 2.25. The van der Waals surface area contributed by atoms with E-state index < -0.39 is 6.61 Å². The number of piperidine rings is 1. The lowest BCUT2D eigenvalue weighted by molar-refractivity contribution is -0.0497. The number of anilines is 1. The third kappa shape index (κ3) is 4.58. The molecule has 0 unspecified atom stereocenters. The van der Waals surface area contributed by atoms with Gasteiger partial charge in [0.05, 0.1) is 0 Å². The predicted molar refractivity (Wildman–Crippen MR) is 76.6 cm³/mol. The van der Waals surface area contributed by atoms with E-state index in [0.29, 0.717) is 30.6 Å². The van der Waals surface area contributed by atoms with Crippen LogP contribution in [0.3, 0.4) is 0 Å². The summed E-state index contributed by atoms with van der Waals surface area (Å²) < 4.78 is 28.7. The molecule has 2 amide bonds. The number of alkyl halides is 2. The number of amides is 2. The molecule has 21 heavy (non-hydrogen) atoms. The molecule has 2 atom stereocenters. The van der Waals surface area contributed by atoms with Crippen molar-refractivity contribution >= 4 is 11.7 Å². The number of rotatable bonds is 3. The fourth-order valence-corrected chi connectivity index (χ4v) is 2.78. The van der Waals surface area contributed by atoms with E-state index in [9.17, 15) is 13.6 Å². The van der Waals surface area contributed by atoms with E-state index in [0.717, 1.165) is 6.42 Å². The molecule has 0 spiro atoms. The van der Waals surface area contributed by atoms with Crippen molar-refractivity contribution in [1.29, 1.82) is 0 Å². The van der Waals surface area contributed by atoms with E-state index in [1.807, 2.05) is 0 Å². The SMILES string of the molecule is C[C@H]1C[C@H](C)CN(C(=O)Nc2cccc(OC(F)F)c2)C1. The number of likely N-dealkylation sites (tertiary alicyclic amines) is 1. The van der Waals surface area contributed by atoms with Crippen LogP contribution in [0.15, 0.2) is 24.3 Å². The number of hydrogen-bond donors (Lipinski definition) is 1. The van der Waals surface area contributed by atoms with Crippen LogP contribution >= 0.6 is 0 Å². The molecule has 0 bridgehead atoms. The first-order valence-corrected chi connectivity index (χ1v) is 7.05. The zero-order chi connectivity index (χ0) is 15.4. The van der Waals surface area contributed by atoms with Gasteiger partial charge in [-0.1, -0.05) is 19.9 Å². The molecule has 0 radical (unpaired) electrons. The summed E-state index contributed by atoms with van der Waals surface area (Å²) in [5, 5.41) is 2.73. The Morgan fingerprint density at radius 2 is 2.00 bits per heavy atom. The highest BCUT2D eigenvalue weighted by Crippen LogP contribution is 2.23. The van der Waals surface area contributed by atoms with Crippen LogP contribution in [0.2, 0.25) is 0 Å². The van der Waals surface area contributed by atoms with Crippen molar-refractivity contribution in [1.82, 2.24) is 4.90 Å². The van der Waals surface area contributed by atoms with Gasteiger partial charge in [-0.3, -0.25) is 0 Å². The van der Waals surface area contributed by atoms with Gasteiger partial charge in [-0.15, -0.1) is 0 Å². The average Bonchev–Trinajstić information content (AvgIpc) is 2.37. The summed E-state index contributed by atoms with van der Waals surface area (Å²) in [7, 11) is 0. The van der Waals surface area contributed by atoms with Gasteiger partial charge in [0.15, 0.2) is 0 Å². The van der Waals surface area contributed by atoms with Crippen LogP contribution in [-0.2, 0) is 0 Å². The van der Waals surface area contributed by atoms with E-state index >= 15 is 0 Å². The van der Waals surface area contributed by atoms with E-state index in [1.165, 1.54) is 12.1 Å². The maximum absolute atomic E-state index is 12.2. The van der Waals surface area contributed by atoms with E-state index in [4.69, 9.17) is 0 Å². The predicted octanol–water partition coefficient (Wildman–Crippen LogP) is 3.80. The van der Waals surface area contributed by atoms with Crippen LogP contribution in [-0.4, -0.2) is 30.6 Å². The molecule has 6 heteroatoms. The minimum absolute atomic E-state index is 0.0307. The van der Waals surface area contributed by atoms with Crippen molar-refractivity contribution in [3.8, 4) is 5.75 Å². The molecule has 1 aromatic rings. The van der Waals surface area contributed by atoms with Crippen LogP contribution in [0.25, 0.3) is 0 Å². The van der Waals surface area contributed by atoms with Crippen molar-refractivity contribution in [2.24, 2.45) is 11.8 Å². The molecule has 1 fully saturated rings. The summed E-state index contributed by atoms with van der Waals surface area (Å²) in [6, 6.07) is 5.82. The lowest BCUT2D eigenvalue weighted by Gasteiger charge is -2.34. The van der Waals surface area contributed by atoms with Crippen molar-refractivity contribution in [3.05, 3.63) is 24.3 Å². The summed E-state index contributed by atoms with van der Waals surface area (Å²) in [6.07, 6.45) is 1.11. The van der Waals surface area contributed by atoms with Gasteiger partial charge in [0.25, 0.3) is 0 Å². The second-order valence-corrected chi connectivity index (χ2v) is 5.69. The first-order chi connectivity index (χ1) is 9.94. The summed E-state index contributed by atoms with van der Waals surface area (Å²) >= 11 is 0. The smallest absolute Gasteiger partial charge is 0.387 e. The molecule has 4 nitrogen and oxygen atoms in total. The number of halogens is 2. The minimum Gasteiger partial charge on any atom is -0.435 e. The second-order valence-electron chi connectivity index (χ2n) is 5.69. The zero-order valence-corrected chi connectivity index (χ0v) is 12.2. The number of ether oxygens (including phenoxy) is 1. The molecule has 0 aromatic heterocycles. The Morgan fingerprint density at radius 3 is 2.62 bits per heavy atom. The molecule has 1 heterocycles. The van der Waals surface area contributed by atoms with E-state index in [2.05, 4.69) is 23.9 Å². The van der Waals surface area contributed by atoms with Crippen LogP contribution in [0, 0.1) is 11.8 Å². The van der Waals surface area contributed by atoms with Gasteiger partial charge in [0, 0.05) is 24.8 Å². The van der Waals surface area contributed by atoms with Crippen LogP contribution < -0.4 is 10.1 Å². The number of hydrogen-bond acceptors (Lipinski definition) is 2. The molecule has 1 aliphatic rings. The normalized spacial score (nSPS) is 22.2. The number of nitrogens with one attached hydrogen (secondary N) is 1. The fraction of sp³-hybridized carbons (Fsp3) is 0.533. The van der Waals surface area contributed by atoms with Crippen molar-refractivity contribution in [2.75, 3.05) is 18.4 Å². The van der Waals surface area contributed by atoms with E-state index in [1.54, 1.807) is 17.0 Å². The Morgan fingerprint density at radius 1 is 1.33 bits per heavy atom. The van der Waals surface area contributed by atoms with Gasteiger partial charge in [-0.05, 0) is 30.4 Å². The lowest BCUT2D eigenvalue weighted by Crippen LogP contribution is -2.44. The molecular formula is C15H20F2N2O2. The largest absolute Gasteiger partial charge is 0.435 e. The van der Waals surface area contributed by atoms with Gasteiger partial charge in [0.2, 0.25) is 0 Å². The molecule has 116 valence electrons.